The zero-order chi connectivity index (χ0) is 20.8. The molecule has 0 saturated heterocycles. The molecule has 29 heavy (non-hydrogen) atoms. The van der Waals surface area contributed by atoms with E-state index in [2.05, 4.69) is 5.32 Å². The van der Waals surface area contributed by atoms with Crippen molar-refractivity contribution in [2.75, 3.05) is 13.2 Å². The molecule has 9 heteroatoms. The van der Waals surface area contributed by atoms with Crippen molar-refractivity contribution in [3.63, 3.8) is 0 Å². The average molecular weight is 398 g/mol. The second-order valence-electron chi connectivity index (χ2n) is 6.25. The fourth-order valence-corrected chi connectivity index (χ4v) is 2.80. The molecule has 1 aliphatic heterocycles. The fraction of sp³-hybridized carbons (Fsp3) is 0.200. The van der Waals surface area contributed by atoms with Crippen LogP contribution in [0.2, 0.25) is 0 Å². The van der Waals surface area contributed by atoms with Crippen LogP contribution in [0.15, 0.2) is 54.6 Å². The molecule has 1 aliphatic rings. The molecule has 150 valence electrons. The summed E-state index contributed by atoms with van der Waals surface area (Å²) >= 11 is 0. The van der Waals surface area contributed by atoms with Gasteiger partial charge >= 0.3 is 5.97 Å². The average Bonchev–Trinajstić information content (AvgIpc) is 2.69. The molecule has 3 rings (SSSR count). The lowest BCUT2D eigenvalue weighted by Gasteiger charge is -2.16. The summed E-state index contributed by atoms with van der Waals surface area (Å²) in [5, 5.41) is 23.2. The number of aliphatic carboxylic acids is 1. The molecular formula is C20H18N2O7. The number of benzene rings is 2. The van der Waals surface area contributed by atoms with Gasteiger partial charge in [-0.05, 0) is 42.0 Å². The van der Waals surface area contributed by atoms with Crippen LogP contribution in [0.25, 0.3) is 0 Å². The molecular weight excluding hydrogens is 380 g/mol. The normalized spacial score (nSPS) is 17.9. The summed E-state index contributed by atoms with van der Waals surface area (Å²) < 4.78 is 11.1. The Hall–Kier alpha value is -3.88. The van der Waals surface area contributed by atoms with Crippen molar-refractivity contribution in [2.45, 2.75) is 12.5 Å². The lowest BCUT2D eigenvalue weighted by atomic mass is 10.0. The predicted molar refractivity (Wildman–Crippen MR) is 102 cm³/mol. The molecule has 0 aliphatic carbocycles. The first kappa shape index (κ1) is 19.9. The number of carbonyl (C=O) groups excluding carboxylic acids is 1. The molecule has 0 radical (unpaired) electrons. The fourth-order valence-electron chi connectivity index (χ4n) is 2.80. The number of hydrogen-bond acceptors (Lipinski definition) is 6. The van der Waals surface area contributed by atoms with Crippen LogP contribution in [-0.4, -0.2) is 41.2 Å². The molecule has 9 nitrogen and oxygen atoms in total. The van der Waals surface area contributed by atoms with Gasteiger partial charge in [0.1, 0.15) is 36.3 Å². The molecule has 1 heterocycles. The van der Waals surface area contributed by atoms with E-state index in [0.717, 1.165) is 6.07 Å². The third kappa shape index (κ3) is 5.10. The molecule has 0 unspecified atom stereocenters. The van der Waals surface area contributed by atoms with E-state index >= 15 is 0 Å². The molecule has 2 aromatic carbocycles. The van der Waals surface area contributed by atoms with Crippen LogP contribution in [0.4, 0.5) is 5.69 Å². The van der Waals surface area contributed by atoms with Crippen molar-refractivity contribution in [1.82, 2.24) is 5.32 Å². The van der Waals surface area contributed by atoms with Crippen molar-refractivity contribution in [3.05, 3.63) is 75.9 Å². The van der Waals surface area contributed by atoms with Gasteiger partial charge in [0.25, 0.3) is 11.6 Å². The van der Waals surface area contributed by atoms with Gasteiger partial charge in [-0.15, -0.1) is 0 Å². The predicted octanol–water partition coefficient (Wildman–Crippen LogP) is 2.35. The first-order chi connectivity index (χ1) is 13.9. The maximum Gasteiger partial charge on any atom is 0.326 e. The van der Waals surface area contributed by atoms with Gasteiger partial charge in [0.05, 0.1) is 4.92 Å². The SMILES string of the molecule is O=C1N[C@H](C(=O)O)Cc2cccc(c2)OC/C=C/COc2ccc([N+](=O)[O-])c1c2. The number of carbonyl (C=O) groups is 2. The Morgan fingerprint density at radius 1 is 1.10 bits per heavy atom. The summed E-state index contributed by atoms with van der Waals surface area (Å²) in [7, 11) is 0. The molecule has 0 spiro atoms. The molecule has 2 N–H and O–H groups in total. The Kier molecular flexibility index (Phi) is 6.08. The number of nitro groups is 1. The van der Waals surface area contributed by atoms with E-state index in [1.165, 1.54) is 12.1 Å². The topological polar surface area (TPSA) is 128 Å². The third-order valence-electron chi connectivity index (χ3n) is 4.21. The highest BCUT2D eigenvalue weighted by molar-refractivity contribution is 6.00. The van der Waals surface area contributed by atoms with Gasteiger partial charge in [-0.3, -0.25) is 14.9 Å². The Bertz CT molecular complexity index is 971. The summed E-state index contributed by atoms with van der Waals surface area (Å²) in [6.07, 6.45) is 3.45. The molecule has 0 saturated carbocycles. The first-order valence-corrected chi connectivity index (χ1v) is 8.75. The molecule has 4 bridgehead atoms. The largest absolute Gasteiger partial charge is 0.490 e. The number of fused-ring (bicyclic) bond motifs is 4. The summed E-state index contributed by atoms with van der Waals surface area (Å²) in [6, 6.07) is 9.32. The van der Waals surface area contributed by atoms with Gasteiger partial charge in [-0.25, -0.2) is 4.79 Å². The van der Waals surface area contributed by atoms with Crippen LogP contribution in [0, 0.1) is 10.1 Å². The first-order valence-electron chi connectivity index (χ1n) is 8.75. The molecule has 1 amide bonds. The van der Waals surface area contributed by atoms with Crippen molar-refractivity contribution in [2.24, 2.45) is 0 Å². The smallest absolute Gasteiger partial charge is 0.326 e. The van der Waals surface area contributed by atoms with E-state index < -0.39 is 28.5 Å². The lowest BCUT2D eigenvalue weighted by molar-refractivity contribution is -0.385. The van der Waals surface area contributed by atoms with E-state index in [9.17, 15) is 24.8 Å². The van der Waals surface area contributed by atoms with Crippen molar-refractivity contribution < 1.29 is 29.1 Å². The van der Waals surface area contributed by atoms with E-state index in [1.54, 1.807) is 36.4 Å². The molecule has 0 fully saturated rings. The number of carboxylic acid groups (broad SMARTS) is 1. The van der Waals surface area contributed by atoms with Crippen LogP contribution >= 0.6 is 0 Å². The minimum absolute atomic E-state index is 0.0158. The second-order valence-corrected chi connectivity index (χ2v) is 6.25. The quantitative estimate of drug-likeness (QED) is 0.451. The Balaban J connectivity index is 1.99. The number of ether oxygens (including phenoxy) is 2. The van der Waals surface area contributed by atoms with Gasteiger partial charge in [0.15, 0.2) is 0 Å². The maximum atomic E-state index is 12.7. The monoisotopic (exact) mass is 398 g/mol. The van der Waals surface area contributed by atoms with E-state index in [1.807, 2.05) is 0 Å². The number of hydrogen-bond donors (Lipinski definition) is 2. The molecule has 2 aromatic rings. The Morgan fingerprint density at radius 2 is 1.79 bits per heavy atom. The zero-order valence-corrected chi connectivity index (χ0v) is 15.2. The van der Waals surface area contributed by atoms with Crippen LogP contribution in [0.3, 0.4) is 0 Å². The number of nitrogens with zero attached hydrogens (tertiary/aromatic N) is 1. The van der Waals surface area contributed by atoms with Crippen LogP contribution < -0.4 is 14.8 Å². The molecule has 1 atom stereocenters. The van der Waals surface area contributed by atoms with Gasteiger partial charge < -0.3 is 19.9 Å². The number of rotatable bonds is 2. The summed E-state index contributed by atoms with van der Waals surface area (Å²) in [5.74, 6) is -1.33. The van der Waals surface area contributed by atoms with Gasteiger partial charge in [-0.2, -0.15) is 0 Å². The van der Waals surface area contributed by atoms with E-state index in [0.29, 0.717) is 11.3 Å². The van der Waals surface area contributed by atoms with Crippen LogP contribution in [0.1, 0.15) is 15.9 Å². The Labute approximate surface area is 165 Å². The summed E-state index contributed by atoms with van der Waals surface area (Å²) in [4.78, 5) is 34.9. The lowest BCUT2D eigenvalue weighted by Crippen LogP contribution is -2.42. The van der Waals surface area contributed by atoms with Crippen LogP contribution in [-0.2, 0) is 11.2 Å². The van der Waals surface area contributed by atoms with Crippen molar-refractivity contribution in [3.8, 4) is 11.5 Å². The van der Waals surface area contributed by atoms with E-state index in [4.69, 9.17) is 9.47 Å². The second kappa shape index (κ2) is 8.87. The number of nitro benzene ring substituents is 1. The molecule has 0 aromatic heterocycles. The van der Waals surface area contributed by atoms with Gasteiger partial charge in [-0.1, -0.05) is 12.1 Å². The summed E-state index contributed by atoms with van der Waals surface area (Å²) in [5.41, 5.74) is -0.0733. The third-order valence-corrected chi connectivity index (χ3v) is 4.21. The Morgan fingerprint density at radius 3 is 2.45 bits per heavy atom. The van der Waals surface area contributed by atoms with Gasteiger partial charge in [0, 0.05) is 12.5 Å². The van der Waals surface area contributed by atoms with Crippen LogP contribution in [0.5, 0.6) is 11.5 Å². The zero-order valence-electron chi connectivity index (χ0n) is 15.2. The summed E-state index contributed by atoms with van der Waals surface area (Å²) in [6.45, 7) is 0.456. The minimum Gasteiger partial charge on any atom is -0.490 e. The van der Waals surface area contributed by atoms with Crippen molar-refractivity contribution >= 4 is 17.6 Å². The maximum absolute atomic E-state index is 12.7. The van der Waals surface area contributed by atoms with Crippen molar-refractivity contribution in [1.29, 1.82) is 0 Å². The highest BCUT2D eigenvalue weighted by Gasteiger charge is 2.26. The highest BCUT2D eigenvalue weighted by Crippen LogP contribution is 2.25. The van der Waals surface area contributed by atoms with Gasteiger partial charge in [0.2, 0.25) is 0 Å². The highest BCUT2D eigenvalue weighted by atomic mass is 16.6. The number of carboxylic acids is 1. The van der Waals surface area contributed by atoms with E-state index in [-0.39, 0.29) is 30.9 Å². The number of nitrogens with one attached hydrogen (secondary N) is 1. The standard InChI is InChI=1S/C20H18N2O7/c23-19-16-12-15(6-7-18(16)22(26)27)29-9-2-1-8-28-14-5-3-4-13(10-14)11-17(21-19)20(24)25/h1-7,10,12,17H,8-9,11H2,(H,21,23)(H,24,25)/b2-1+/t17-/m0/s1. The number of amides is 1. The minimum atomic E-state index is -1.28.